The molecule has 1 fully saturated rings. The number of nitrogens with zero attached hydrogens (tertiary/aromatic N) is 5. The van der Waals surface area contributed by atoms with Gasteiger partial charge in [-0.15, -0.1) is 0 Å². The number of carboxylic acids is 2. The van der Waals surface area contributed by atoms with E-state index < -0.39 is 60.6 Å². The molecule has 0 spiro atoms. The lowest BCUT2D eigenvalue weighted by Gasteiger charge is -2.33. The summed E-state index contributed by atoms with van der Waals surface area (Å²) in [6.07, 6.45) is 28.5. The average molecular weight is 1550 g/mol. The monoisotopic (exact) mass is 1550 g/mol. The normalized spacial score (nSPS) is 17.2. The molecule has 13 rings (SSSR count). The van der Waals surface area contributed by atoms with Crippen molar-refractivity contribution in [2.24, 2.45) is 17.8 Å². The van der Waals surface area contributed by atoms with E-state index >= 15 is 0 Å². The second-order valence-electron chi connectivity index (χ2n) is 26.6. The highest BCUT2D eigenvalue weighted by Crippen LogP contribution is 2.63. The lowest BCUT2D eigenvalue weighted by Crippen LogP contribution is -2.31. The van der Waals surface area contributed by atoms with Crippen LogP contribution in [-0.4, -0.2) is 97.8 Å². The van der Waals surface area contributed by atoms with Gasteiger partial charge in [0.15, 0.2) is 5.78 Å². The van der Waals surface area contributed by atoms with Crippen molar-refractivity contribution in [1.29, 1.82) is 0 Å². The first-order valence-electron chi connectivity index (χ1n) is 36.2. The number of amides is 5. The van der Waals surface area contributed by atoms with Gasteiger partial charge < -0.3 is 33.2 Å². The van der Waals surface area contributed by atoms with Crippen LogP contribution in [0.25, 0.3) is 0 Å². The van der Waals surface area contributed by atoms with E-state index in [0.29, 0.717) is 34.3 Å². The van der Waals surface area contributed by atoms with Gasteiger partial charge in [0.25, 0.3) is 11.8 Å². The largest absolute Gasteiger partial charge is 0.481 e. The molecule has 3 unspecified atom stereocenters. The number of benzene rings is 6. The topological polar surface area (TPSA) is 260 Å². The number of allylic oxidation sites excluding steroid dienone is 9. The number of rotatable bonds is 16. The lowest BCUT2D eigenvalue weighted by molar-refractivity contribution is -0.139. The molecule has 0 bridgehead atoms. The number of Topliss-reactive ketones (excluding diaryl/α,β-unsaturated/α-hetero) is 1. The number of carbonyl (C=O) groups excluding carboxylic acids is 6. The van der Waals surface area contributed by atoms with Crippen LogP contribution in [0.1, 0.15) is 154 Å². The van der Waals surface area contributed by atoms with Crippen LogP contribution in [0.2, 0.25) is 0 Å². The van der Waals surface area contributed by atoms with Gasteiger partial charge in [0.05, 0.1) is 46.7 Å². The van der Waals surface area contributed by atoms with Crippen molar-refractivity contribution in [3.63, 3.8) is 0 Å². The summed E-state index contributed by atoms with van der Waals surface area (Å²) in [5.74, 6) is -2.01. The summed E-state index contributed by atoms with van der Waals surface area (Å²) in [5, 5.41) is 17.7. The minimum atomic E-state index is -4.65. The van der Waals surface area contributed by atoms with Crippen LogP contribution in [0.3, 0.4) is 0 Å². The number of para-hydroxylation sites is 1. The van der Waals surface area contributed by atoms with E-state index in [2.05, 4.69) is 6.92 Å². The number of hydrogen-bond donors (Lipinski definition) is 2. The number of aliphatic carboxylic acids is 1. The lowest BCUT2D eigenvalue weighted by atomic mass is 9.74. The maximum Gasteiger partial charge on any atom is 0.423 e. The molecule has 7 aromatic rings. The molecule has 0 radical (unpaired) electrons. The number of ether oxygens (including phenoxy) is 2. The predicted molar refractivity (Wildman–Crippen MR) is 417 cm³/mol. The average Bonchev–Trinajstić information content (AvgIpc) is 1.70. The SMILES string of the molecule is CC1=CN(C(=O)Oc2ccccc2)C=CC1C.COP(=O)(OC)C1C=CN(C(=O)OC(C)C)c2ccoc21.O=C(C1=CN(C(=O)c2ccccc2C(F)(F)F)C=CC1C1CCCCC1)c1ccccc1.O=C(O)CCC(=O)N1C=CC(c2ccccc2)C=C1.O=C(O)c1ccccc1C(=O)N1C=CC(c2ccccc2)C=C1. The van der Waals surface area contributed by atoms with Gasteiger partial charge in [-0.25, -0.2) is 19.3 Å². The summed E-state index contributed by atoms with van der Waals surface area (Å²) in [4.78, 5) is 103. The van der Waals surface area contributed by atoms with Crippen LogP contribution in [-0.2, 0) is 34.1 Å². The van der Waals surface area contributed by atoms with Crippen molar-refractivity contribution in [1.82, 2.24) is 19.6 Å². The Morgan fingerprint density at radius 1 is 0.554 bits per heavy atom. The predicted octanol–water partition coefficient (Wildman–Crippen LogP) is 20.0. The van der Waals surface area contributed by atoms with Gasteiger partial charge in [0.2, 0.25) is 5.91 Å². The second kappa shape index (κ2) is 39.9. The van der Waals surface area contributed by atoms with Gasteiger partial charge in [-0.2, -0.15) is 13.2 Å². The Hall–Kier alpha value is -12.2. The molecular weight excluding hydrogens is 1460 g/mol. The maximum absolute atomic E-state index is 13.4. The first-order valence-corrected chi connectivity index (χ1v) is 37.8. The van der Waals surface area contributed by atoms with Crippen LogP contribution in [0.15, 0.2) is 296 Å². The number of hydrogen-bond acceptors (Lipinski definition) is 14. The number of alkyl halides is 3. The summed E-state index contributed by atoms with van der Waals surface area (Å²) in [6, 6.07) is 50.3. The molecule has 1 saturated carbocycles. The molecule has 1 aliphatic carbocycles. The molecule has 2 N–H and O–H groups in total. The molecule has 5 amide bonds. The zero-order chi connectivity index (χ0) is 80.5. The van der Waals surface area contributed by atoms with Gasteiger partial charge in [-0.1, -0.05) is 196 Å². The summed E-state index contributed by atoms with van der Waals surface area (Å²) in [7, 11) is -0.788. The maximum atomic E-state index is 13.4. The smallest absolute Gasteiger partial charge is 0.423 e. The van der Waals surface area contributed by atoms with Crippen molar-refractivity contribution in [3.8, 4) is 5.75 Å². The van der Waals surface area contributed by atoms with E-state index in [1.807, 2.05) is 122 Å². The Bertz CT molecular complexity index is 4760. The molecule has 6 aromatic carbocycles. The van der Waals surface area contributed by atoms with Crippen molar-refractivity contribution in [2.45, 2.75) is 102 Å². The number of furan rings is 1. The van der Waals surface area contributed by atoms with Crippen LogP contribution in [0.5, 0.6) is 5.75 Å². The Morgan fingerprint density at radius 2 is 1.06 bits per heavy atom. The van der Waals surface area contributed by atoms with Crippen molar-refractivity contribution in [3.05, 3.63) is 336 Å². The molecule has 3 atom stereocenters. The van der Waals surface area contributed by atoms with E-state index in [0.717, 1.165) is 59.8 Å². The third-order valence-electron chi connectivity index (χ3n) is 18.6. The van der Waals surface area contributed by atoms with Crippen LogP contribution >= 0.6 is 7.60 Å². The minimum absolute atomic E-state index is 0.00415. The highest BCUT2D eigenvalue weighted by atomic mass is 31.2. The highest BCUT2D eigenvalue weighted by Gasteiger charge is 2.42. The molecule has 582 valence electrons. The first-order chi connectivity index (χ1) is 53.8. The third kappa shape index (κ3) is 22.5. The quantitative estimate of drug-likeness (QED) is 0.0673. The number of fused-ring (bicyclic) bond motifs is 1. The molecule has 21 nitrogen and oxygen atoms in total. The van der Waals surface area contributed by atoms with Gasteiger partial charge in [0, 0.05) is 111 Å². The molecule has 112 heavy (non-hydrogen) atoms. The standard InChI is InChI=1S/C26H24F3NO2.C19H15NO3.C15H15NO3.C14H15NO2.C13H18NO6P/c27-26(28,29)23-14-8-7-13-21(23)25(32)30-16-15-20(18-9-3-1-4-10-18)22(17-30)24(31)19-11-5-2-6-12-19;21-18(16-8-4-5-9-17(16)19(22)23)20-12-10-15(11-13-20)14-6-2-1-3-7-14;17-14(6-7-15(18)19)16-10-8-13(9-11-16)12-4-2-1-3-5-12;1-11-8-9-15(10-12(11)2)14(16)17-13-6-4-3-5-7-13;1-9(2)20-13(15)14-7-5-11(21(16,17-3)18-4)12-10(14)6-8-19-12/h2,5-8,11-18,20H,1,3-4,9-10H2;1-13,15H,(H,22,23);1-5,8-11,13H,6-7H2,(H,18,19);3-11H,1-2H3;5-9,11H,1-4H3. The Morgan fingerprint density at radius 3 is 1.61 bits per heavy atom. The Labute approximate surface area is 648 Å². The van der Waals surface area contributed by atoms with Crippen molar-refractivity contribution >= 4 is 60.9 Å². The fraction of sp³-hybridized carbons (Fsp3) is 0.241. The van der Waals surface area contributed by atoms with Crippen LogP contribution in [0.4, 0.5) is 28.4 Å². The zero-order valence-corrected chi connectivity index (χ0v) is 63.4. The van der Waals surface area contributed by atoms with E-state index in [4.69, 9.17) is 28.0 Å². The van der Waals surface area contributed by atoms with Gasteiger partial charge in [-0.05, 0) is 105 Å². The number of aromatic carboxylic acids is 1. The highest BCUT2D eigenvalue weighted by molar-refractivity contribution is 7.54. The zero-order valence-electron chi connectivity index (χ0n) is 62.5. The number of anilines is 1. The first kappa shape index (κ1) is 83.8. The fourth-order valence-corrected chi connectivity index (χ4v) is 13.9. The summed E-state index contributed by atoms with van der Waals surface area (Å²) in [5.41, 5.74) is 2.88. The minimum Gasteiger partial charge on any atom is -0.481 e. The Kier molecular flexibility index (Phi) is 29.9. The molecule has 25 heteroatoms. The Balaban J connectivity index is 0.000000164. The van der Waals surface area contributed by atoms with E-state index in [-0.39, 0.29) is 71.3 Å². The van der Waals surface area contributed by atoms with Crippen molar-refractivity contribution in [2.75, 3.05) is 19.1 Å². The van der Waals surface area contributed by atoms with Gasteiger partial charge in [0.1, 0.15) is 17.2 Å². The van der Waals surface area contributed by atoms with Gasteiger partial charge >= 0.3 is 37.9 Å². The fourth-order valence-electron chi connectivity index (χ4n) is 12.6. The molecule has 5 aliphatic heterocycles. The summed E-state index contributed by atoms with van der Waals surface area (Å²) in [6.45, 7) is 7.60. The number of carboxylic acid groups (broad SMARTS) is 2. The molecule has 6 aliphatic rings. The molecule has 1 aromatic heterocycles. The molecule has 0 saturated heterocycles. The second-order valence-corrected chi connectivity index (χ2v) is 28.9. The van der Waals surface area contributed by atoms with E-state index in [1.165, 1.54) is 89.0 Å². The number of halogens is 3. The van der Waals surface area contributed by atoms with Crippen molar-refractivity contribution < 1.29 is 89.2 Å². The van der Waals surface area contributed by atoms with E-state index in [9.17, 15) is 61.2 Å². The molecular formula is C87H87F3N5O16P. The van der Waals surface area contributed by atoms with E-state index in [1.54, 1.807) is 118 Å². The molecule has 6 heterocycles. The number of ketones is 1. The summed E-state index contributed by atoms with van der Waals surface area (Å²) >= 11 is 0. The van der Waals surface area contributed by atoms with Crippen LogP contribution < -0.4 is 9.64 Å². The third-order valence-corrected chi connectivity index (χ3v) is 20.8. The van der Waals surface area contributed by atoms with Gasteiger partial charge in [-0.3, -0.25) is 48.1 Å². The van der Waals surface area contributed by atoms with Crippen LogP contribution in [0, 0.1) is 17.8 Å². The number of carbonyl (C=O) groups is 8. The summed E-state index contributed by atoms with van der Waals surface area (Å²) < 4.78 is 78.6.